The second-order valence-electron chi connectivity index (χ2n) is 8.66. The topological polar surface area (TPSA) is 67.4 Å². The Balaban J connectivity index is 1.49. The molecule has 0 bridgehead atoms. The van der Waals surface area contributed by atoms with Gasteiger partial charge >= 0.3 is 0 Å². The quantitative estimate of drug-likeness (QED) is 0.847. The molecule has 0 radical (unpaired) electrons. The molecule has 1 aliphatic carbocycles. The molecule has 2 aliphatic heterocycles. The van der Waals surface area contributed by atoms with Gasteiger partial charge in [0.05, 0.1) is 24.3 Å². The molecule has 26 heavy (non-hydrogen) atoms. The predicted molar refractivity (Wildman–Crippen MR) is 99.8 cm³/mol. The van der Waals surface area contributed by atoms with Gasteiger partial charge in [0.2, 0.25) is 11.9 Å². The standard InChI is InChI=1S/C20H30N4O2/c1-14(2)3-6-17(25)24-8-7-20(12-24)13-26-11-16-10-22-19(23-18(16)20)21-9-15-4-5-15/h10,14-15H,3-9,11-13H2,1-2H3,(H,21,22,23). The maximum atomic E-state index is 12.6. The Labute approximate surface area is 155 Å². The van der Waals surface area contributed by atoms with Crippen LogP contribution in [0.25, 0.3) is 0 Å². The number of hydrogen-bond acceptors (Lipinski definition) is 5. The van der Waals surface area contributed by atoms with Crippen LogP contribution in [0, 0.1) is 11.8 Å². The van der Waals surface area contributed by atoms with Gasteiger partial charge in [-0.25, -0.2) is 9.97 Å². The summed E-state index contributed by atoms with van der Waals surface area (Å²) in [6.45, 7) is 8.02. The summed E-state index contributed by atoms with van der Waals surface area (Å²) in [5.74, 6) is 2.33. The molecule has 1 N–H and O–H groups in total. The van der Waals surface area contributed by atoms with E-state index in [1.807, 2.05) is 11.1 Å². The van der Waals surface area contributed by atoms with Gasteiger partial charge < -0.3 is 15.0 Å². The van der Waals surface area contributed by atoms with Crippen molar-refractivity contribution in [3.05, 3.63) is 17.5 Å². The van der Waals surface area contributed by atoms with Gasteiger partial charge in [-0.15, -0.1) is 0 Å². The lowest BCUT2D eigenvalue weighted by Crippen LogP contribution is -2.41. The Hall–Kier alpha value is -1.69. The fourth-order valence-corrected chi connectivity index (χ4v) is 4.01. The van der Waals surface area contributed by atoms with Crippen LogP contribution in [0.15, 0.2) is 6.20 Å². The minimum Gasteiger partial charge on any atom is -0.376 e. The first-order chi connectivity index (χ1) is 12.6. The lowest BCUT2D eigenvalue weighted by molar-refractivity contribution is -0.130. The van der Waals surface area contributed by atoms with Crippen LogP contribution >= 0.6 is 0 Å². The highest BCUT2D eigenvalue weighted by Crippen LogP contribution is 2.39. The van der Waals surface area contributed by atoms with Gasteiger partial charge in [0.25, 0.3) is 0 Å². The SMILES string of the molecule is CC(C)CCC(=O)N1CCC2(COCc3cnc(NCC4CC4)nc32)C1. The molecule has 2 fully saturated rings. The van der Waals surface area contributed by atoms with Crippen LogP contribution in [0.1, 0.15) is 57.2 Å². The fraction of sp³-hybridized carbons (Fsp3) is 0.750. The van der Waals surface area contributed by atoms with E-state index < -0.39 is 0 Å². The minimum absolute atomic E-state index is 0.167. The molecule has 1 amide bonds. The van der Waals surface area contributed by atoms with Gasteiger partial charge in [0.15, 0.2) is 0 Å². The number of ether oxygens (including phenoxy) is 1. The molecule has 1 unspecified atom stereocenters. The number of carbonyl (C=O) groups excluding carboxylic acids is 1. The van der Waals surface area contributed by atoms with Crippen molar-refractivity contribution in [3.63, 3.8) is 0 Å². The highest BCUT2D eigenvalue weighted by molar-refractivity contribution is 5.76. The van der Waals surface area contributed by atoms with Crippen LogP contribution in [0.4, 0.5) is 5.95 Å². The number of amides is 1. The van der Waals surface area contributed by atoms with E-state index >= 15 is 0 Å². The van der Waals surface area contributed by atoms with E-state index in [9.17, 15) is 4.79 Å². The van der Waals surface area contributed by atoms with Gasteiger partial charge in [-0.2, -0.15) is 0 Å². The monoisotopic (exact) mass is 358 g/mol. The molecule has 6 heteroatoms. The molecule has 1 saturated carbocycles. The van der Waals surface area contributed by atoms with Crippen molar-refractivity contribution in [2.24, 2.45) is 11.8 Å². The lowest BCUT2D eigenvalue weighted by Gasteiger charge is -2.34. The summed E-state index contributed by atoms with van der Waals surface area (Å²) in [6, 6.07) is 0. The summed E-state index contributed by atoms with van der Waals surface area (Å²) in [6.07, 6.45) is 7.03. The average Bonchev–Trinajstić information content (AvgIpc) is 3.38. The largest absolute Gasteiger partial charge is 0.376 e. The zero-order chi connectivity index (χ0) is 18.1. The molecule has 0 aromatic carbocycles. The number of fused-ring (bicyclic) bond motifs is 2. The summed E-state index contributed by atoms with van der Waals surface area (Å²) in [5.41, 5.74) is 2.00. The first-order valence-corrected chi connectivity index (χ1v) is 10.0. The molecule has 3 aliphatic rings. The van der Waals surface area contributed by atoms with Crippen LogP contribution in [-0.2, 0) is 21.6 Å². The molecule has 1 atom stereocenters. The molecule has 1 aromatic rings. The second-order valence-corrected chi connectivity index (χ2v) is 8.66. The van der Waals surface area contributed by atoms with Crippen LogP contribution in [0.2, 0.25) is 0 Å². The second kappa shape index (κ2) is 7.14. The maximum absolute atomic E-state index is 12.6. The molecule has 142 valence electrons. The number of carbonyl (C=O) groups is 1. The Morgan fingerprint density at radius 1 is 1.46 bits per heavy atom. The van der Waals surface area contributed by atoms with Crippen LogP contribution in [0.3, 0.4) is 0 Å². The summed E-state index contributed by atoms with van der Waals surface area (Å²) in [4.78, 5) is 23.9. The van der Waals surface area contributed by atoms with Crippen LogP contribution < -0.4 is 5.32 Å². The van der Waals surface area contributed by atoms with Crippen LogP contribution in [0.5, 0.6) is 0 Å². The average molecular weight is 358 g/mol. The molecule has 1 saturated heterocycles. The fourth-order valence-electron chi connectivity index (χ4n) is 4.01. The normalized spacial score (nSPS) is 25.0. The van der Waals surface area contributed by atoms with Crippen molar-refractivity contribution in [2.45, 2.75) is 58.0 Å². The number of likely N-dealkylation sites (tertiary alicyclic amines) is 1. The zero-order valence-corrected chi connectivity index (χ0v) is 16.0. The number of anilines is 1. The smallest absolute Gasteiger partial charge is 0.222 e. The highest BCUT2D eigenvalue weighted by atomic mass is 16.5. The summed E-state index contributed by atoms with van der Waals surface area (Å²) in [7, 11) is 0. The summed E-state index contributed by atoms with van der Waals surface area (Å²) in [5, 5.41) is 3.39. The van der Waals surface area contributed by atoms with E-state index in [1.54, 1.807) is 0 Å². The molecule has 6 nitrogen and oxygen atoms in total. The van der Waals surface area contributed by atoms with E-state index in [-0.39, 0.29) is 11.3 Å². The van der Waals surface area contributed by atoms with Crippen molar-refractivity contribution < 1.29 is 9.53 Å². The third-order valence-electron chi connectivity index (χ3n) is 5.89. The first kappa shape index (κ1) is 17.7. The van der Waals surface area contributed by atoms with Gasteiger partial charge in [0, 0.05) is 37.8 Å². The number of rotatable bonds is 6. The van der Waals surface area contributed by atoms with Gasteiger partial charge in [0.1, 0.15) is 0 Å². The van der Waals surface area contributed by atoms with Crippen molar-refractivity contribution in [2.75, 3.05) is 31.6 Å². The third kappa shape index (κ3) is 3.70. The maximum Gasteiger partial charge on any atom is 0.222 e. The van der Waals surface area contributed by atoms with E-state index in [4.69, 9.17) is 9.72 Å². The van der Waals surface area contributed by atoms with E-state index in [0.29, 0.717) is 25.6 Å². The summed E-state index contributed by atoms with van der Waals surface area (Å²) < 4.78 is 5.87. The van der Waals surface area contributed by atoms with E-state index in [0.717, 1.165) is 55.6 Å². The van der Waals surface area contributed by atoms with E-state index in [2.05, 4.69) is 24.1 Å². The Kier molecular flexibility index (Phi) is 4.86. The Morgan fingerprint density at radius 3 is 3.08 bits per heavy atom. The first-order valence-electron chi connectivity index (χ1n) is 10.0. The summed E-state index contributed by atoms with van der Waals surface area (Å²) >= 11 is 0. The number of hydrogen-bond donors (Lipinski definition) is 1. The number of nitrogens with one attached hydrogen (secondary N) is 1. The zero-order valence-electron chi connectivity index (χ0n) is 16.0. The lowest BCUT2D eigenvalue weighted by atomic mass is 9.80. The van der Waals surface area contributed by atoms with Crippen molar-refractivity contribution >= 4 is 11.9 Å². The molecule has 1 spiro atoms. The van der Waals surface area contributed by atoms with Crippen molar-refractivity contribution in [1.29, 1.82) is 0 Å². The predicted octanol–water partition coefficient (Wildman–Crippen LogP) is 2.74. The molecular formula is C20H30N4O2. The molecular weight excluding hydrogens is 328 g/mol. The molecule has 4 rings (SSSR count). The Bertz CT molecular complexity index is 674. The van der Waals surface area contributed by atoms with Crippen molar-refractivity contribution in [3.8, 4) is 0 Å². The molecule has 3 heterocycles. The van der Waals surface area contributed by atoms with Gasteiger partial charge in [-0.1, -0.05) is 13.8 Å². The Morgan fingerprint density at radius 2 is 2.31 bits per heavy atom. The number of nitrogens with zero attached hydrogens (tertiary/aromatic N) is 3. The third-order valence-corrected chi connectivity index (χ3v) is 5.89. The minimum atomic E-state index is -0.167. The van der Waals surface area contributed by atoms with Crippen LogP contribution in [-0.4, -0.2) is 47.0 Å². The van der Waals surface area contributed by atoms with Crippen molar-refractivity contribution in [1.82, 2.24) is 14.9 Å². The molecule has 1 aromatic heterocycles. The highest BCUT2D eigenvalue weighted by Gasteiger charge is 2.46. The van der Waals surface area contributed by atoms with Gasteiger partial charge in [-0.05, 0) is 37.5 Å². The number of aromatic nitrogens is 2. The van der Waals surface area contributed by atoms with Gasteiger partial charge in [-0.3, -0.25) is 4.79 Å². The van der Waals surface area contributed by atoms with E-state index in [1.165, 1.54) is 12.8 Å².